The van der Waals surface area contributed by atoms with E-state index in [1.54, 1.807) is 14.2 Å². The molecule has 0 fully saturated rings. The van der Waals surface area contributed by atoms with Crippen LogP contribution in [-0.2, 0) is 0 Å². The minimum absolute atomic E-state index is 0. The van der Waals surface area contributed by atoms with Crippen LogP contribution in [0.4, 0.5) is 0 Å². The van der Waals surface area contributed by atoms with Gasteiger partial charge in [0.2, 0.25) is 0 Å². The summed E-state index contributed by atoms with van der Waals surface area (Å²) in [6, 6.07) is 8.04. The lowest BCUT2D eigenvalue weighted by Gasteiger charge is -2.27. The third-order valence-electron chi connectivity index (χ3n) is 3.95. The van der Waals surface area contributed by atoms with Gasteiger partial charge in [-0.2, -0.15) is 0 Å². The number of likely N-dealkylation sites (N-methyl/N-ethyl adjacent to an activating group) is 1. The first-order valence-corrected chi connectivity index (χ1v) is 8.59. The van der Waals surface area contributed by atoms with Crippen molar-refractivity contribution in [2.45, 2.75) is 26.8 Å². The Bertz CT molecular complexity index is 478. The Morgan fingerprint density at radius 1 is 1.12 bits per heavy atom. The average molecular weight is 464 g/mol. The van der Waals surface area contributed by atoms with Gasteiger partial charge >= 0.3 is 0 Å². The van der Waals surface area contributed by atoms with Crippen molar-refractivity contribution in [3.63, 3.8) is 0 Å². The molecular weight excluding hydrogens is 431 g/mol. The number of rotatable bonds is 10. The molecule has 1 atom stereocenters. The number of hydrogen-bond donors (Lipinski definition) is 2. The zero-order valence-corrected chi connectivity index (χ0v) is 18.4. The summed E-state index contributed by atoms with van der Waals surface area (Å²) in [7, 11) is 3.43. The van der Waals surface area contributed by atoms with E-state index in [2.05, 4.69) is 41.3 Å². The monoisotopic (exact) mass is 464 g/mol. The topological polar surface area (TPSA) is 58.1 Å². The maximum atomic E-state index is 5.69. The molecule has 1 aromatic carbocycles. The van der Waals surface area contributed by atoms with E-state index in [1.807, 2.05) is 24.3 Å². The predicted molar refractivity (Wildman–Crippen MR) is 116 cm³/mol. The lowest BCUT2D eigenvalue weighted by Crippen LogP contribution is -2.46. The van der Waals surface area contributed by atoms with E-state index in [1.165, 1.54) is 0 Å². The van der Waals surface area contributed by atoms with Gasteiger partial charge in [-0.15, -0.1) is 24.0 Å². The van der Waals surface area contributed by atoms with Crippen molar-refractivity contribution in [2.75, 3.05) is 46.9 Å². The van der Waals surface area contributed by atoms with Crippen LogP contribution < -0.4 is 20.1 Å². The number of aliphatic imine (C=N–C) groups is 1. The van der Waals surface area contributed by atoms with Crippen LogP contribution in [0.25, 0.3) is 0 Å². The molecule has 1 unspecified atom stereocenters. The van der Waals surface area contributed by atoms with Crippen molar-refractivity contribution < 1.29 is 9.47 Å². The largest absolute Gasteiger partial charge is 0.497 e. The van der Waals surface area contributed by atoms with Crippen LogP contribution in [-0.4, -0.2) is 63.8 Å². The molecule has 1 aromatic rings. The molecule has 0 aliphatic heterocycles. The lowest BCUT2D eigenvalue weighted by molar-refractivity contribution is 0.231. The number of benzene rings is 1. The number of nitrogens with one attached hydrogen (secondary N) is 2. The first-order valence-electron chi connectivity index (χ1n) is 8.59. The molecule has 0 bridgehead atoms. The molecule has 6 nitrogen and oxygen atoms in total. The van der Waals surface area contributed by atoms with Crippen molar-refractivity contribution in [1.82, 2.24) is 15.5 Å². The number of nitrogens with zero attached hydrogens (tertiary/aromatic N) is 2. The van der Waals surface area contributed by atoms with Gasteiger partial charge in [-0.05, 0) is 44.3 Å². The summed E-state index contributed by atoms with van der Waals surface area (Å²) in [6.45, 7) is 10.8. The number of guanidine groups is 1. The van der Waals surface area contributed by atoms with Gasteiger partial charge in [0.05, 0.1) is 13.7 Å². The van der Waals surface area contributed by atoms with Gasteiger partial charge in [0, 0.05) is 19.6 Å². The number of halogens is 1. The second-order valence-electron chi connectivity index (χ2n) is 5.47. The second kappa shape index (κ2) is 14.0. The molecule has 7 heteroatoms. The third kappa shape index (κ3) is 9.15. The van der Waals surface area contributed by atoms with Gasteiger partial charge < -0.3 is 20.1 Å². The summed E-state index contributed by atoms with van der Waals surface area (Å²) in [5, 5.41) is 6.62. The molecule has 2 N–H and O–H groups in total. The lowest BCUT2D eigenvalue weighted by atomic mass is 10.3. The molecule has 25 heavy (non-hydrogen) atoms. The highest BCUT2D eigenvalue weighted by Crippen LogP contribution is 2.16. The molecule has 0 saturated carbocycles. The molecule has 1 rings (SSSR count). The van der Waals surface area contributed by atoms with E-state index < -0.39 is 0 Å². The standard InChI is InChI=1S/C18H32N4O2.HI/c1-6-22(7-2)15(3)14-21-18(19-4)20-12-13-24-17-10-8-16(23-5)9-11-17;/h8-11,15H,6-7,12-14H2,1-5H3,(H2,19,20,21);1H. The molecule has 0 radical (unpaired) electrons. The summed E-state index contributed by atoms with van der Waals surface area (Å²) in [6.07, 6.45) is 0. The Hall–Kier alpha value is -1.22. The van der Waals surface area contributed by atoms with Crippen LogP contribution >= 0.6 is 24.0 Å². The van der Waals surface area contributed by atoms with Crippen molar-refractivity contribution >= 4 is 29.9 Å². The molecule has 0 aliphatic rings. The summed E-state index contributed by atoms with van der Waals surface area (Å²) < 4.78 is 10.8. The SMILES string of the molecule is CCN(CC)C(C)CNC(=NC)NCCOc1ccc(OC)cc1.I. The summed E-state index contributed by atoms with van der Waals surface area (Å²) in [5.41, 5.74) is 0. The normalized spacial score (nSPS) is 12.3. The highest BCUT2D eigenvalue weighted by molar-refractivity contribution is 14.0. The summed E-state index contributed by atoms with van der Waals surface area (Å²) >= 11 is 0. The van der Waals surface area contributed by atoms with Crippen molar-refractivity contribution in [1.29, 1.82) is 0 Å². The van der Waals surface area contributed by atoms with E-state index >= 15 is 0 Å². The second-order valence-corrected chi connectivity index (χ2v) is 5.47. The molecule has 0 spiro atoms. The minimum Gasteiger partial charge on any atom is -0.497 e. The van der Waals surface area contributed by atoms with Crippen LogP contribution in [0.1, 0.15) is 20.8 Å². The molecule has 0 aromatic heterocycles. The van der Waals surface area contributed by atoms with E-state index in [0.29, 0.717) is 19.2 Å². The van der Waals surface area contributed by atoms with Gasteiger partial charge in [-0.1, -0.05) is 13.8 Å². The van der Waals surface area contributed by atoms with E-state index in [4.69, 9.17) is 9.47 Å². The highest BCUT2D eigenvalue weighted by Gasteiger charge is 2.10. The minimum atomic E-state index is 0. The number of ether oxygens (including phenoxy) is 2. The fourth-order valence-electron chi connectivity index (χ4n) is 2.45. The van der Waals surface area contributed by atoms with Crippen molar-refractivity contribution in [3.05, 3.63) is 24.3 Å². The Labute approximate surface area is 169 Å². The maximum absolute atomic E-state index is 5.69. The average Bonchev–Trinajstić information content (AvgIpc) is 2.62. The Kier molecular flexibility index (Phi) is 13.3. The predicted octanol–water partition coefficient (Wildman–Crippen LogP) is 2.59. The van der Waals surface area contributed by atoms with Crippen LogP contribution in [0.2, 0.25) is 0 Å². The van der Waals surface area contributed by atoms with Crippen LogP contribution in [0.5, 0.6) is 11.5 Å². The molecule has 0 heterocycles. The zero-order valence-electron chi connectivity index (χ0n) is 16.0. The van der Waals surface area contributed by atoms with Gasteiger partial charge in [-0.25, -0.2) is 0 Å². The molecular formula is C18H33IN4O2. The fourth-order valence-corrected chi connectivity index (χ4v) is 2.45. The number of methoxy groups -OCH3 is 1. The van der Waals surface area contributed by atoms with Crippen molar-refractivity contribution in [3.8, 4) is 11.5 Å². The third-order valence-corrected chi connectivity index (χ3v) is 3.95. The molecule has 0 saturated heterocycles. The number of hydrogen-bond acceptors (Lipinski definition) is 4. The Morgan fingerprint density at radius 2 is 1.72 bits per heavy atom. The summed E-state index contributed by atoms with van der Waals surface area (Å²) in [4.78, 5) is 6.65. The van der Waals surface area contributed by atoms with Gasteiger partial charge in [0.25, 0.3) is 0 Å². The van der Waals surface area contributed by atoms with E-state index in [-0.39, 0.29) is 24.0 Å². The molecule has 0 aliphatic carbocycles. The quantitative estimate of drug-likeness (QED) is 0.241. The van der Waals surface area contributed by atoms with E-state index in [0.717, 1.165) is 37.1 Å². The Morgan fingerprint density at radius 3 is 2.24 bits per heavy atom. The van der Waals surface area contributed by atoms with Gasteiger partial charge in [-0.3, -0.25) is 9.89 Å². The first-order chi connectivity index (χ1) is 11.6. The highest BCUT2D eigenvalue weighted by atomic mass is 127. The van der Waals surface area contributed by atoms with E-state index in [9.17, 15) is 0 Å². The van der Waals surface area contributed by atoms with Crippen LogP contribution in [0, 0.1) is 0 Å². The van der Waals surface area contributed by atoms with Gasteiger partial charge in [0.1, 0.15) is 18.1 Å². The first kappa shape index (κ1) is 23.8. The smallest absolute Gasteiger partial charge is 0.191 e. The molecule has 144 valence electrons. The zero-order chi connectivity index (χ0) is 17.8. The fraction of sp³-hybridized carbons (Fsp3) is 0.611. The van der Waals surface area contributed by atoms with Crippen molar-refractivity contribution in [2.24, 2.45) is 4.99 Å². The van der Waals surface area contributed by atoms with Gasteiger partial charge in [0.15, 0.2) is 5.96 Å². The van der Waals surface area contributed by atoms with Crippen LogP contribution in [0.3, 0.4) is 0 Å². The van der Waals surface area contributed by atoms with Crippen LogP contribution in [0.15, 0.2) is 29.3 Å². The molecule has 0 amide bonds. The Balaban J connectivity index is 0.00000576. The summed E-state index contributed by atoms with van der Waals surface area (Å²) in [5.74, 6) is 2.45. The maximum Gasteiger partial charge on any atom is 0.191 e.